The summed E-state index contributed by atoms with van der Waals surface area (Å²) in [6.07, 6.45) is 0. The summed E-state index contributed by atoms with van der Waals surface area (Å²) in [7, 11) is 0. The SMILES string of the molecule is Cc1cccc(C(=O)c2cccc3c2OCCO3)c1. The normalized spacial score (nSPS) is 13.1. The molecule has 2 aromatic carbocycles. The minimum atomic E-state index is -0.0361. The van der Waals surface area contributed by atoms with E-state index in [0.717, 1.165) is 5.56 Å². The molecule has 0 N–H and O–H groups in total. The van der Waals surface area contributed by atoms with E-state index in [9.17, 15) is 4.79 Å². The van der Waals surface area contributed by atoms with Gasteiger partial charge in [-0.2, -0.15) is 0 Å². The minimum Gasteiger partial charge on any atom is -0.486 e. The van der Waals surface area contributed by atoms with E-state index in [1.165, 1.54) is 0 Å². The molecule has 0 aromatic heterocycles. The monoisotopic (exact) mass is 254 g/mol. The van der Waals surface area contributed by atoms with Crippen LogP contribution in [-0.4, -0.2) is 19.0 Å². The first-order chi connectivity index (χ1) is 9.25. The zero-order chi connectivity index (χ0) is 13.2. The lowest BCUT2D eigenvalue weighted by atomic mass is 10.0. The summed E-state index contributed by atoms with van der Waals surface area (Å²) in [5.74, 6) is 1.16. The molecular formula is C16H14O3. The fraction of sp³-hybridized carbons (Fsp3) is 0.188. The van der Waals surface area contributed by atoms with E-state index in [4.69, 9.17) is 9.47 Å². The number of hydrogen-bond acceptors (Lipinski definition) is 3. The molecule has 1 aliphatic heterocycles. The molecule has 1 aliphatic rings. The lowest BCUT2D eigenvalue weighted by Gasteiger charge is -2.20. The number of ether oxygens (including phenoxy) is 2. The summed E-state index contributed by atoms with van der Waals surface area (Å²) in [4.78, 5) is 12.5. The maximum absolute atomic E-state index is 12.5. The van der Waals surface area contributed by atoms with E-state index >= 15 is 0 Å². The van der Waals surface area contributed by atoms with Gasteiger partial charge in [0.15, 0.2) is 17.3 Å². The lowest BCUT2D eigenvalue weighted by molar-refractivity contribution is 0.102. The van der Waals surface area contributed by atoms with E-state index in [0.29, 0.717) is 35.8 Å². The third-order valence-corrected chi connectivity index (χ3v) is 3.09. The van der Waals surface area contributed by atoms with Crippen molar-refractivity contribution in [2.24, 2.45) is 0 Å². The fourth-order valence-electron chi connectivity index (χ4n) is 2.19. The van der Waals surface area contributed by atoms with Crippen molar-refractivity contribution in [1.82, 2.24) is 0 Å². The average Bonchev–Trinajstić information content (AvgIpc) is 2.46. The number of carbonyl (C=O) groups is 1. The van der Waals surface area contributed by atoms with Crippen LogP contribution >= 0.6 is 0 Å². The van der Waals surface area contributed by atoms with Gasteiger partial charge in [-0.05, 0) is 25.1 Å². The fourth-order valence-corrected chi connectivity index (χ4v) is 2.19. The zero-order valence-electron chi connectivity index (χ0n) is 10.7. The molecule has 0 aliphatic carbocycles. The van der Waals surface area contributed by atoms with Crippen LogP contribution in [-0.2, 0) is 0 Å². The van der Waals surface area contributed by atoms with Gasteiger partial charge in [0.05, 0.1) is 5.56 Å². The smallest absolute Gasteiger partial charge is 0.196 e. The number of carbonyl (C=O) groups excluding carboxylic acids is 1. The Morgan fingerprint density at radius 2 is 1.84 bits per heavy atom. The van der Waals surface area contributed by atoms with Gasteiger partial charge in [-0.1, -0.05) is 29.8 Å². The number of ketones is 1. The third-order valence-electron chi connectivity index (χ3n) is 3.09. The van der Waals surface area contributed by atoms with Crippen LogP contribution in [0.25, 0.3) is 0 Å². The van der Waals surface area contributed by atoms with Gasteiger partial charge in [0, 0.05) is 5.56 Å². The zero-order valence-corrected chi connectivity index (χ0v) is 10.7. The van der Waals surface area contributed by atoms with Gasteiger partial charge < -0.3 is 9.47 Å². The Balaban J connectivity index is 2.05. The Kier molecular flexibility index (Phi) is 2.95. The second-order valence-corrected chi connectivity index (χ2v) is 4.53. The summed E-state index contributed by atoms with van der Waals surface area (Å²) in [6, 6.07) is 13.0. The number of hydrogen-bond donors (Lipinski definition) is 0. The molecule has 0 radical (unpaired) electrons. The Hall–Kier alpha value is -2.29. The molecule has 0 unspecified atom stereocenters. The van der Waals surface area contributed by atoms with Gasteiger partial charge >= 0.3 is 0 Å². The minimum absolute atomic E-state index is 0.0361. The highest BCUT2D eigenvalue weighted by Crippen LogP contribution is 2.34. The van der Waals surface area contributed by atoms with Crippen LogP contribution in [0.5, 0.6) is 11.5 Å². The highest BCUT2D eigenvalue weighted by atomic mass is 16.6. The van der Waals surface area contributed by atoms with E-state index in [-0.39, 0.29) is 5.78 Å². The molecule has 19 heavy (non-hydrogen) atoms. The average molecular weight is 254 g/mol. The molecule has 1 heterocycles. The van der Waals surface area contributed by atoms with Crippen LogP contribution in [0.4, 0.5) is 0 Å². The number of rotatable bonds is 2. The molecule has 3 heteroatoms. The largest absolute Gasteiger partial charge is 0.486 e. The second-order valence-electron chi connectivity index (χ2n) is 4.53. The molecule has 3 rings (SSSR count). The predicted octanol–water partition coefficient (Wildman–Crippen LogP) is 3.00. The van der Waals surface area contributed by atoms with Gasteiger partial charge in [-0.15, -0.1) is 0 Å². The molecule has 3 nitrogen and oxygen atoms in total. The molecule has 0 bridgehead atoms. The molecule has 0 saturated carbocycles. The van der Waals surface area contributed by atoms with Crippen molar-refractivity contribution in [2.45, 2.75) is 6.92 Å². The van der Waals surface area contributed by atoms with E-state index in [1.54, 1.807) is 6.07 Å². The number of para-hydroxylation sites is 1. The van der Waals surface area contributed by atoms with Crippen LogP contribution < -0.4 is 9.47 Å². The summed E-state index contributed by atoms with van der Waals surface area (Å²) >= 11 is 0. The van der Waals surface area contributed by atoms with Crippen molar-refractivity contribution in [3.63, 3.8) is 0 Å². The number of aryl methyl sites for hydroxylation is 1. The highest BCUT2D eigenvalue weighted by Gasteiger charge is 2.21. The van der Waals surface area contributed by atoms with E-state index < -0.39 is 0 Å². The molecule has 0 fully saturated rings. The van der Waals surface area contributed by atoms with Gasteiger partial charge in [0.2, 0.25) is 0 Å². The topological polar surface area (TPSA) is 35.5 Å². The Labute approximate surface area is 111 Å². The Morgan fingerprint density at radius 3 is 2.68 bits per heavy atom. The quantitative estimate of drug-likeness (QED) is 0.773. The predicted molar refractivity (Wildman–Crippen MR) is 72.0 cm³/mol. The molecule has 2 aromatic rings. The van der Waals surface area contributed by atoms with Gasteiger partial charge in [-0.25, -0.2) is 0 Å². The number of benzene rings is 2. The van der Waals surface area contributed by atoms with Crippen molar-refractivity contribution in [3.8, 4) is 11.5 Å². The van der Waals surface area contributed by atoms with Gasteiger partial charge in [0.25, 0.3) is 0 Å². The molecular weight excluding hydrogens is 240 g/mol. The van der Waals surface area contributed by atoms with Gasteiger partial charge in [-0.3, -0.25) is 4.79 Å². The van der Waals surface area contributed by atoms with Crippen LogP contribution in [0, 0.1) is 6.92 Å². The molecule has 0 amide bonds. The molecule has 0 spiro atoms. The third kappa shape index (κ3) is 2.19. The maximum atomic E-state index is 12.5. The van der Waals surface area contributed by atoms with Crippen LogP contribution in [0.1, 0.15) is 21.5 Å². The maximum Gasteiger partial charge on any atom is 0.196 e. The van der Waals surface area contributed by atoms with Crippen LogP contribution in [0.15, 0.2) is 42.5 Å². The summed E-state index contributed by atoms with van der Waals surface area (Å²) < 4.78 is 11.1. The number of fused-ring (bicyclic) bond motifs is 1. The summed E-state index contributed by atoms with van der Waals surface area (Å²) in [5.41, 5.74) is 2.29. The summed E-state index contributed by atoms with van der Waals surface area (Å²) in [6.45, 7) is 2.97. The van der Waals surface area contributed by atoms with Crippen molar-refractivity contribution < 1.29 is 14.3 Å². The van der Waals surface area contributed by atoms with Crippen molar-refractivity contribution in [3.05, 3.63) is 59.2 Å². The van der Waals surface area contributed by atoms with E-state index in [1.807, 2.05) is 43.3 Å². The second kappa shape index (κ2) is 4.76. The Morgan fingerprint density at radius 1 is 1.05 bits per heavy atom. The van der Waals surface area contributed by atoms with Crippen molar-refractivity contribution in [1.29, 1.82) is 0 Å². The molecule has 0 atom stereocenters. The molecule has 96 valence electrons. The molecule has 0 saturated heterocycles. The van der Waals surface area contributed by atoms with Crippen molar-refractivity contribution in [2.75, 3.05) is 13.2 Å². The summed E-state index contributed by atoms with van der Waals surface area (Å²) in [5, 5.41) is 0. The first-order valence-corrected chi connectivity index (χ1v) is 6.26. The van der Waals surface area contributed by atoms with Gasteiger partial charge in [0.1, 0.15) is 13.2 Å². The standard InChI is InChI=1S/C16H14O3/c1-11-4-2-5-12(10-11)15(17)13-6-3-7-14-16(13)19-9-8-18-14/h2-7,10H,8-9H2,1H3. The highest BCUT2D eigenvalue weighted by molar-refractivity contribution is 6.11. The first-order valence-electron chi connectivity index (χ1n) is 6.26. The Bertz CT molecular complexity index is 632. The van der Waals surface area contributed by atoms with Crippen LogP contribution in [0.3, 0.4) is 0 Å². The first kappa shape index (κ1) is 11.8. The van der Waals surface area contributed by atoms with E-state index in [2.05, 4.69) is 0 Å². The van der Waals surface area contributed by atoms with Crippen LogP contribution in [0.2, 0.25) is 0 Å². The lowest BCUT2D eigenvalue weighted by Crippen LogP contribution is -2.18. The van der Waals surface area contributed by atoms with Crippen molar-refractivity contribution >= 4 is 5.78 Å².